The SMILES string of the molecule is CCCOc1cc(C(C)=O)cc(C(C)(C)C)c1. The molecule has 17 heavy (non-hydrogen) atoms. The zero-order chi connectivity index (χ0) is 13.1. The topological polar surface area (TPSA) is 26.3 Å². The fraction of sp³-hybridized carbons (Fsp3) is 0.533. The Labute approximate surface area is 104 Å². The van der Waals surface area contributed by atoms with Gasteiger partial charge in [0.25, 0.3) is 0 Å². The summed E-state index contributed by atoms with van der Waals surface area (Å²) in [6, 6.07) is 5.82. The van der Waals surface area contributed by atoms with Gasteiger partial charge in [-0.3, -0.25) is 4.79 Å². The molecular weight excluding hydrogens is 212 g/mol. The van der Waals surface area contributed by atoms with E-state index in [2.05, 4.69) is 27.7 Å². The third kappa shape index (κ3) is 3.88. The average Bonchev–Trinajstić information content (AvgIpc) is 2.24. The molecule has 0 aliphatic carbocycles. The molecule has 1 aromatic carbocycles. The first-order valence-electron chi connectivity index (χ1n) is 6.14. The molecule has 0 N–H and O–H groups in total. The van der Waals surface area contributed by atoms with Crippen LogP contribution in [0.3, 0.4) is 0 Å². The predicted octanol–water partition coefficient (Wildman–Crippen LogP) is 3.98. The summed E-state index contributed by atoms with van der Waals surface area (Å²) in [6.45, 7) is 10.7. The number of benzene rings is 1. The summed E-state index contributed by atoms with van der Waals surface area (Å²) in [4.78, 5) is 11.5. The average molecular weight is 234 g/mol. The normalized spacial score (nSPS) is 11.4. The van der Waals surface area contributed by atoms with Crippen LogP contribution in [0.4, 0.5) is 0 Å². The predicted molar refractivity (Wildman–Crippen MR) is 70.9 cm³/mol. The molecule has 0 aromatic heterocycles. The maximum atomic E-state index is 11.5. The molecule has 0 aliphatic heterocycles. The Kier molecular flexibility index (Phi) is 4.33. The Hall–Kier alpha value is -1.31. The highest BCUT2D eigenvalue weighted by atomic mass is 16.5. The van der Waals surface area contributed by atoms with Crippen molar-refractivity contribution in [3.63, 3.8) is 0 Å². The molecule has 1 rings (SSSR count). The number of hydrogen-bond donors (Lipinski definition) is 0. The van der Waals surface area contributed by atoms with Gasteiger partial charge in [0.1, 0.15) is 5.75 Å². The first-order chi connectivity index (χ1) is 7.84. The highest BCUT2D eigenvalue weighted by Gasteiger charge is 2.16. The van der Waals surface area contributed by atoms with Gasteiger partial charge in [-0.05, 0) is 42.5 Å². The molecule has 0 spiro atoms. The monoisotopic (exact) mass is 234 g/mol. The van der Waals surface area contributed by atoms with E-state index in [4.69, 9.17) is 4.74 Å². The van der Waals surface area contributed by atoms with Crippen molar-refractivity contribution in [3.05, 3.63) is 29.3 Å². The van der Waals surface area contributed by atoms with Crippen molar-refractivity contribution < 1.29 is 9.53 Å². The van der Waals surface area contributed by atoms with Gasteiger partial charge < -0.3 is 4.74 Å². The molecule has 0 unspecified atom stereocenters. The van der Waals surface area contributed by atoms with Crippen molar-refractivity contribution in [3.8, 4) is 5.75 Å². The molecule has 94 valence electrons. The minimum Gasteiger partial charge on any atom is -0.494 e. The van der Waals surface area contributed by atoms with E-state index in [1.54, 1.807) is 6.92 Å². The van der Waals surface area contributed by atoms with Crippen LogP contribution < -0.4 is 4.74 Å². The van der Waals surface area contributed by atoms with Gasteiger partial charge in [0.2, 0.25) is 0 Å². The fourth-order valence-electron chi connectivity index (χ4n) is 1.54. The number of Topliss-reactive ketones (excluding diaryl/α,β-unsaturated/α-hetero) is 1. The van der Waals surface area contributed by atoms with Crippen LogP contribution in [-0.4, -0.2) is 12.4 Å². The van der Waals surface area contributed by atoms with Crippen LogP contribution in [0.15, 0.2) is 18.2 Å². The Balaban J connectivity index is 3.14. The summed E-state index contributed by atoms with van der Waals surface area (Å²) in [6.07, 6.45) is 0.967. The highest BCUT2D eigenvalue weighted by molar-refractivity contribution is 5.94. The van der Waals surface area contributed by atoms with Crippen molar-refractivity contribution in [2.45, 2.75) is 46.5 Å². The maximum absolute atomic E-state index is 11.5. The molecule has 0 aliphatic rings. The summed E-state index contributed by atoms with van der Waals surface area (Å²) in [5, 5.41) is 0. The van der Waals surface area contributed by atoms with Crippen LogP contribution in [0.1, 0.15) is 57.0 Å². The van der Waals surface area contributed by atoms with Gasteiger partial charge >= 0.3 is 0 Å². The Bertz CT molecular complexity index is 400. The van der Waals surface area contributed by atoms with Gasteiger partial charge in [0, 0.05) is 5.56 Å². The fourth-order valence-corrected chi connectivity index (χ4v) is 1.54. The van der Waals surface area contributed by atoms with E-state index in [1.165, 1.54) is 0 Å². The van der Waals surface area contributed by atoms with Crippen molar-refractivity contribution >= 4 is 5.78 Å². The lowest BCUT2D eigenvalue weighted by Gasteiger charge is -2.21. The summed E-state index contributed by atoms with van der Waals surface area (Å²) in [5.41, 5.74) is 1.88. The first kappa shape index (κ1) is 13.8. The van der Waals surface area contributed by atoms with E-state index >= 15 is 0 Å². The van der Waals surface area contributed by atoms with Crippen LogP contribution in [-0.2, 0) is 5.41 Å². The second kappa shape index (κ2) is 5.35. The second-order valence-corrected chi connectivity index (χ2v) is 5.40. The van der Waals surface area contributed by atoms with Gasteiger partial charge in [-0.15, -0.1) is 0 Å². The van der Waals surface area contributed by atoms with Crippen molar-refractivity contribution in [2.24, 2.45) is 0 Å². The zero-order valence-electron chi connectivity index (χ0n) is 11.5. The summed E-state index contributed by atoms with van der Waals surface area (Å²) in [5.74, 6) is 0.877. The van der Waals surface area contributed by atoms with Crippen molar-refractivity contribution in [1.29, 1.82) is 0 Å². The number of ether oxygens (including phenoxy) is 1. The van der Waals surface area contributed by atoms with E-state index in [0.717, 1.165) is 23.3 Å². The molecule has 0 radical (unpaired) electrons. The van der Waals surface area contributed by atoms with E-state index in [-0.39, 0.29) is 11.2 Å². The van der Waals surface area contributed by atoms with Gasteiger partial charge in [0.05, 0.1) is 6.61 Å². The van der Waals surface area contributed by atoms with Crippen LogP contribution in [0.25, 0.3) is 0 Å². The minimum atomic E-state index is 0.0236. The number of rotatable bonds is 4. The molecule has 0 fully saturated rings. The van der Waals surface area contributed by atoms with Crippen LogP contribution in [0.5, 0.6) is 5.75 Å². The molecule has 2 heteroatoms. The van der Waals surface area contributed by atoms with E-state index in [0.29, 0.717) is 6.61 Å². The van der Waals surface area contributed by atoms with Crippen molar-refractivity contribution in [1.82, 2.24) is 0 Å². The minimum absolute atomic E-state index is 0.0236. The van der Waals surface area contributed by atoms with E-state index < -0.39 is 0 Å². The number of hydrogen-bond acceptors (Lipinski definition) is 2. The van der Waals surface area contributed by atoms with Crippen LogP contribution in [0, 0.1) is 0 Å². The maximum Gasteiger partial charge on any atom is 0.159 e. The lowest BCUT2D eigenvalue weighted by molar-refractivity contribution is 0.101. The van der Waals surface area contributed by atoms with Gasteiger partial charge in [-0.25, -0.2) is 0 Å². The summed E-state index contributed by atoms with van der Waals surface area (Å²) < 4.78 is 5.63. The quantitative estimate of drug-likeness (QED) is 0.737. The largest absolute Gasteiger partial charge is 0.494 e. The summed E-state index contributed by atoms with van der Waals surface area (Å²) in [7, 11) is 0. The third-order valence-corrected chi connectivity index (χ3v) is 2.65. The highest BCUT2D eigenvalue weighted by Crippen LogP contribution is 2.28. The number of carbonyl (C=O) groups excluding carboxylic acids is 1. The molecule has 0 heterocycles. The Morgan fingerprint density at radius 1 is 1.24 bits per heavy atom. The van der Waals surface area contributed by atoms with E-state index in [1.807, 2.05) is 18.2 Å². The van der Waals surface area contributed by atoms with Gasteiger partial charge in [0.15, 0.2) is 5.78 Å². The van der Waals surface area contributed by atoms with Crippen molar-refractivity contribution in [2.75, 3.05) is 6.61 Å². The Morgan fingerprint density at radius 3 is 2.35 bits per heavy atom. The van der Waals surface area contributed by atoms with Gasteiger partial charge in [-0.2, -0.15) is 0 Å². The second-order valence-electron chi connectivity index (χ2n) is 5.40. The molecule has 0 atom stereocenters. The van der Waals surface area contributed by atoms with E-state index in [9.17, 15) is 4.79 Å². The number of ketones is 1. The van der Waals surface area contributed by atoms with Crippen LogP contribution in [0.2, 0.25) is 0 Å². The summed E-state index contributed by atoms with van der Waals surface area (Å²) >= 11 is 0. The number of carbonyl (C=O) groups is 1. The molecular formula is C15H22O2. The lowest BCUT2D eigenvalue weighted by atomic mass is 9.85. The zero-order valence-corrected chi connectivity index (χ0v) is 11.5. The lowest BCUT2D eigenvalue weighted by Crippen LogP contribution is -2.12. The molecule has 0 saturated carbocycles. The molecule has 1 aromatic rings. The standard InChI is InChI=1S/C15H22O2/c1-6-7-17-14-9-12(11(2)16)8-13(10-14)15(3,4)5/h8-10H,6-7H2,1-5H3. The Morgan fingerprint density at radius 2 is 1.88 bits per heavy atom. The van der Waals surface area contributed by atoms with Crippen LogP contribution >= 0.6 is 0 Å². The van der Waals surface area contributed by atoms with Gasteiger partial charge in [-0.1, -0.05) is 27.7 Å². The third-order valence-electron chi connectivity index (χ3n) is 2.65. The smallest absolute Gasteiger partial charge is 0.159 e. The first-order valence-corrected chi connectivity index (χ1v) is 6.14. The molecule has 0 saturated heterocycles. The molecule has 2 nitrogen and oxygen atoms in total. The molecule has 0 bridgehead atoms. The molecule has 0 amide bonds.